The van der Waals surface area contributed by atoms with Crippen molar-refractivity contribution in [2.75, 3.05) is 26.0 Å². The molecule has 6 nitrogen and oxygen atoms in total. The van der Waals surface area contributed by atoms with Crippen molar-refractivity contribution in [2.24, 2.45) is 0 Å². The van der Waals surface area contributed by atoms with Crippen LogP contribution in [-0.4, -0.2) is 30.5 Å². The highest BCUT2D eigenvalue weighted by atomic mass is 35.5. The van der Waals surface area contributed by atoms with E-state index < -0.39 is 4.92 Å². The van der Waals surface area contributed by atoms with E-state index in [1.54, 1.807) is 12.3 Å². The van der Waals surface area contributed by atoms with Crippen LogP contribution in [-0.2, 0) is 0 Å². The number of nitro benzene ring substituents is 1. The maximum absolute atomic E-state index is 10.7. The lowest BCUT2D eigenvalue weighted by molar-refractivity contribution is -0.384. The van der Waals surface area contributed by atoms with Gasteiger partial charge in [0.05, 0.1) is 27.9 Å². The zero-order valence-corrected chi connectivity index (χ0v) is 12.5. The summed E-state index contributed by atoms with van der Waals surface area (Å²) < 4.78 is 5.42. The molecule has 0 aliphatic rings. The average Bonchev–Trinajstić information content (AvgIpc) is 2.93. The highest BCUT2D eigenvalue weighted by molar-refractivity contribution is 6.33. The maximum atomic E-state index is 10.7. The van der Waals surface area contributed by atoms with Gasteiger partial charge in [-0.05, 0) is 32.3 Å². The third-order valence-electron chi connectivity index (χ3n) is 3.14. The molecule has 112 valence electrons. The van der Waals surface area contributed by atoms with E-state index in [1.807, 2.05) is 31.1 Å². The van der Waals surface area contributed by atoms with Gasteiger partial charge < -0.3 is 9.73 Å². The van der Waals surface area contributed by atoms with Crippen LogP contribution in [0.1, 0.15) is 11.8 Å². The Morgan fingerprint density at radius 3 is 2.71 bits per heavy atom. The SMILES string of the molecule is CN(C)C(CNc1ccc([N+](=O)[O-])cc1Cl)c1ccco1. The number of nitrogens with zero attached hydrogens (tertiary/aromatic N) is 2. The topological polar surface area (TPSA) is 71.5 Å². The second-order valence-electron chi connectivity index (χ2n) is 4.80. The van der Waals surface area contributed by atoms with Crippen molar-refractivity contribution in [1.29, 1.82) is 0 Å². The molecular formula is C14H16ClN3O3. The molecule has 1 unspecified atom stereocenters. The van der Waals surface area contributed by atoms with Crippen molar-refractivity contribution in [3.05, 3.63) is 57.5 Å². The van der Waals surface area contributed by atoms with Crippen LogP contribution >= 0.6 is 11.6 Å². The van der Waals surface area contributed by atoms with Gasteiger partial charge in [0.15, 0.2) is 0 Å². The third kappa shape index (κ3) is 3.74. The lowest BCUT2D eigenvalue weighted by Crippen LogP contribution is -2.26. The standard InChI is InChI=1S/C14H16ClN3O3/c1-17(2)13(14-4-3-7-21-14)9-16-12-6-5-10(18(19)20)8-11(12)15/h3-8,13,16H,9H2,1-2H3. The van der Waals surface area contributed by atoms with E-state index in [9.17, 15) is 10.1 Å². The number of benzene rings is 1. The normalized spacial score (nSPS) is 12.4. The van der Waals surface area contributed by atoms with Gasteiger partial charge in [-0.1, -0.05) is 11.6 Å². The number of halogens is 1. The fourth-order valence-corrected chi connectivity index (χ4v) is 2.23. The quantitative estimate of drug-likeness (QED) is 0.652. The fraction of sp³-hybridized carbons (Fsp3) is 0.286. The Morgan fingerprint density at radius 1 is 1.43 bits per heavy atom. The van der Waals surface area contributed by atoms with E-state index >= 15 is 0 Å². The number of nitro groups is 1. The second-order valence-corrected chi connectivity index (χ2v) is 5.20. The summed E-state index contributed by atoms with van der Waals surface area (Å²) in [5.41, 5.74) is 0.626. The largest absolute Gasteiger partial charge is 0.468 e. The number of nitrogens with one attached hydrogen (secondary N) is 1. The molecule has 0 aliphatic heterocycles. The molecule has 0 bridgehead atoms. The summed E-state index contributed by atoms with van der Waals surface area (Å²) in [6.07, 6.45) is 1.63. The molecule has 0 saturated heterocycles. The molecule has 1 heterocycles. The number of likely N-dealkylation sites (N-methyl/N-ethyl adjacent to an activating group) is 1. The number of anilines is 1. The van der Waals surface area contributed by atoms with Crippen LogP contribution in [0.15, 0.2) is 41.0 Å². The molecule has 1 aromatic heterocycles. The smallest absolute Gasteiger partial charge is 0.271 e. The van der Waals surface area contributed by atoms with E-state index in [0.29, 0.717) is 17.3 Å². The zero-order valence-electron chi connectivity index (χ0n) is 11.7. The van der Waals surface area contributed by atoms with Gasteiger partial charge in [0.1, 0.15) is 5.76 Å². The Balaban J connectivity index is 2.09. The van der Waals surface area contributed by atoms with Gasteiger partial charge in [0.2, 0.25) is 0 Å². The summed E-state index contributed by atoms with van der Waals surface area (Å²) >= 11 is 6.06. The number of non-ortho nitro benzene ring substituents is 1. The zero-order chi connectivity index (χ0) is 15.4. The number of furan rings is 1. The van der Waals surface area contributed by atoms with Gasteiger partial charge >= 0.3 is 0 Å². The van der Waals surface area contributed by atoms with Crippen LogP contribution in [0.3, 0.4) is 0 Å². The van der Waals surface area contributed by atoms with Crippen LogP contribution in [0.25, 0.3) is 0 Å². The van der Waals surface area contributed by atoms with Crippen molar-refractivity contribution in [1.82, 2.24) is 4.90 Å². The highest BCUT2D eigenvalue weighted by Crippen LogP contribution is 2.28. The maximum Gasteiger partial charge on any atom is 0.271 e. The van der Waals surface area contributed by atoms with E-state index in [1.165, 1.54) is 12.1 Å². The Kier molecular flexibility index (Phi) is 4.82. The number of hydrogen-bond acceptors (Lipinski definition) is 5. The predicted molar refractivity (Wildman–Crippen MR) is 81.7 cm³/mol. The second kappa shape index (κ2) is 6.60. The lowest BCUT2D eigenvalue weighted by Gasteiger charge is -2.23. The summed E-state index contributed by atoms with van der Waals surface area (Å²) in [6.45, 7) is 0.568. The summed E-state index contributed by atoms with van der Waals surface area (Å²) in [6, 6.07) is 8.14. The molecule has 21 heavy (non-hydrogen) atoms. The Hall–Kier alpha value is -2.05. The molecule has 0 saturated carbocycles. The van der Waals surface area contributed by atoms with Crippen LogP contribution in [0.2, 0.25) is 5.02 Å². The van der Waals surface area contributed by atoms with Crippen LogP contribution in [0, 0.1) is 10.1 Å². The molecule has 7 heteroatoms. The summed E-state index contributed by atoms with van der Waals surface area (Å²) in [7, 11) is 3.90. The van der Waals surface area contributed by atoms with Crippen molar-refractivity contribution in [3.63, 3.8) is 0 Å². The monoisotopic (exact) mass is 309 g/mol. The molecule has 0 fully saturated rings. The molecule has 2 rings (SSSR count). The first kappa shape index (κ1) is 15.3. The van der Waals surface area contributed by atoms with Crippen molar-refractivity contribution >= 4 is 23.0 Å². The van der Waals surface area contributed by atoms with Gasteiger partial charge in [-0.3, -0.25) is 15.0 Å². The molecule has 1 N–H and O–H groups in total. The Labute approximate surface area is 127 Å². The molecular weight excluding hydrogens is 294 g/mol. The average molecular weight is 310 g/mol. The molecule has 0 amide bonds. The van der Waals surface area contributed by atoms with Crippen molar-refractivity contribution < 1.29 is 9.34 Å². The fourth-order valence-electron chi connectivity index (χ4n) is 1.99. The van der Waals surface area contributed by atoms with Gasteiger partial charge in [-0.2, -0.15) is 0 Å². The Morgan fingerprint density at radius 2 is 2.19 bits per heavy atom. The number of hydrogen-bond donors (Lipinski definition) is 1. The lowest BCUT2D eigenvalue weighted by atomic mass is 10.2. The minimum absolute atomic E-state index is 0.0271. The van der Waals surface area contributed by atoms with E-state index in [2.05, 4.69) is 5.32 Å². The van der Waals surface area contributed by atoms with E-state index in [0.717, 1.165) is 5.76 Å². The summed E-state index contributed by atoms with van der Waals surface area (Å²) in [5.74, 6) is 0.838. The Bertz CT molecular complexity index is 614. The molecule has 1 atom stereocenters. The molecule has 2 aromatic rings. The van der Waals surface area contributed by atoms with Gasteiger partial charge in [-0.15, -0.1) is 0 Å². The summed E-state index contributed by atoms with van der Waals surface area (Å²) in [5, 5.41) is 14.2. The molecule has 0 spiro atoms. The van der Waals surface area contributed by atoms with Crippen molar-refractivity contribution in [2.45, 2.75) is 6.04 Å². The third-order valence-corrected chi connectivity index (χ3v) is 3.46. The summed E-state index contributed by atoms with van der Waals surface area (Å²) in [4.78, 5) is 12.2. The first-order valence-corrected chi connectivity index (χ1v) is 6.74. The van der Waals surface area contributed by atoms with Gasteiger partial charge in [-0.25, -0.2) is 0 Å². The van der Waals surface area contributed by atoms with Crippen LogP contribution in [0.4, 0.5) is 11.4 Å². The molecule has 0 aliphatic carbocycles. The molecule has 1 aromatic carbocycles. The predicted octanol–water partition coefficient (Wildman–Crippen LogP) is 3.56. The van der Waals surface area contributed by atoms with Crippen LogP contribution in [0.5, 0.6) is 0 Å². The first-order chi connectivity index (χ1) is 9.99. The minimum Gasteiger partial charge on any atom is -0.468 e. The van der Waals surface area contributed by atoms with Crippen LogP contribution < -0.4 is 5.32 Å². The van der Waals surface area contributed by atoms with Gasteiger partial charge in [0, 0.05) is 18.7 Å². The first-order valence-electron chi connectivity index (χ1n) is 6.36. The van der Waals surface area contributed by atoms with Gasteiger partial charge in [0.25, 0.3) is 5.69 Å². The molecule has 0 radical (unpaired) electrons. The number of rotatable bonds is 6. The van der Waals surface area contributed by atoms with E-state index in [4.69, 9.17) is 16.0 Å². The highest BCUT2D eigenvalue weighted by Gasteiger charge is 2.17. The van der Waals surface area contributed by atoms with E-state index in [-0.39, 0.29) is 11.7 Å². The minimum atomic E-state index is -0.471. The van der Waals surface area contributed by atoms with Crippen molar-refractivity contribution in [3.8, 4) is 0 Å².